The van der Waals surface area contributed by atoms with E-state index in [4.69, 9.17) is 0 Å². The van der Waals surface area contributed by atoms with Crippen LogP contribution in [0.5, 0.6) is 0 Å². The lowest BCUT2D eigenvalue weighted by molar-refractivity contribution is 0.529. The summed E-state index contributed by atoms with van der Waals surface area (Å²) in [5, 5.41) is 0.476. The molecule has 1 aliphatic rings. The molecule has 0 saturated carbocycles. The highest BCUT2D eigenvalue weighted by Gasteiger charge is 2.37. The summed E-state index contributed by atoms with van der Waals surface area (Å²) in [5.41, 5.74) is 5.92. The lowest BCUT2D eigenvalue weighted by atomic mass is 10.1. The van der Waals surface area contributed by atoms with E-state index < -0.39 is 10.2 Å². The molecule has 0 saturated heterocycles. The van der Waals surface area contributed by atoms with Gasteiger partial charge in [0.2, 0.25) is 0 Å². The van der Waals surface area contributed by atoms with Crippen LogP contribution < -0.4 is 4.72 Å². The van der Waals surface area contributed by atoms with Crippen molar-refractivity contribution in [3.63, 3.8) is 0 Å². The van der Waals surface area contributed by atoms with E-state index in [9.17, 15) is 0 Å². The van der Waals surface area contributed by atoms with Gasteiger partial charge in [0.05, 0.1) is 5.25 Å². The second-order valence-corrected chi connectivity index (χ2v) is 10.8. The maximum Gasteiger partial charge on any atom is 0.0511 e. The number of rotatable bonds is 2. The van der Waals surface area contributed by atoms with Crippen molar-refractivity contribution in [2.24, 2.45) is 0 Å². The molecule has 21 heavy (non-hydrogen) atoms. The van der Waals surface area contributed by atoms with E-state index >= 15 is 0 Å². The third-order valence-corrected chi connectivity index (χ3v) is 6.76. The average molecular weight is 299 g/mol. The van der Waals surface area contributed by atoms with E-state index in [0.29, 0.717) is 5.25 Å². The van der Waals surface area contributed by atoms with Crippen LogP contribution in [0.4, 0.5) is 0 Å². The lowest BCUT2D eigenvalue weighted by Gasteiger charge is -2.45. The Bertz CT molecular complexity index is 622. The summed E-state index contributed by atoms with van der Waals surface area (Å²) in [4.78, 5) is 0. The predicted molar refractivity (Wildman–Crippen MR) is 96.0 cm³/mol. The molecule has 1 aliphatic carbocycles. The highest BCUT2D eigenvalue weighted by molar-refractivity contribution is 8.31. The molecule has 0 heterocycles. The molecule has 0 aliphatic heterocycles. The van der Waals surface area contributed by atoms with Crippen molar-refractivity contribution in [2.45, 2.75) is 31.6 Å². The van der Waals surface area contributed by atoms with Crippen molar-refractivity contribution in [3.8, 4) is 11.1 Å². The van der Waals surface area contributed by atoms with Crippen LogP contribution in [0.1, 0.15) is 37.1 Å². The van der Waals surface area contributed by atoms with E-state index in [-0.39, 0.29) is 5.54 Å². The van der Waals surface area contributed by atoms with Gasteiger partial charge < -0.3 is 0 Å². The first-order chi connectivity index (χ1) is 9.80. The van der Waals surface area contributed by atoms with Crippen LogP contribution in [0.2, 0.25) is 0 Å². The van der Waals surface area contributed by atoms with Gasteiger partial charge in [0.15, 0.2) is 0 Å². The van der Waals surface area contributed by atoms with Gasteiger partial charge >= 0.3 is 0 Å². The molecule has 1 N–H and O–H groups in total. The molecule has 0 spiro atoms. The van der Waals surface area contributed by atoms with Gasteiger partial charge in [-0.25, -0.2) is 0 Å². The molecule has 0 aromatic heterocycles. The van der Waals surface area contributed by atoms with E-state index in [1.807, 2.05) is 0 Å². The van der Waals surface area contributed by atoms with Gasteiger partial charge in [0.25, 0.3) is 0 Å². The normalized spacial score (nSPS) is 15.7. The molecule has 0 radical (unpaired) electrons. The number of benzene rings is 2. The fraction of sp³-hybridized carbons (Fsp3) is 0.368. The van der Waals surface area contributed by atoms with Crippen molar-refractivity contribution >= 4 is 10.2 Å². The minimum Gasteiger partial charge on any atom is -0.275 e. The highest BCUT2D eigenvalue weighted by atomic mass is 32.3. The maximum atomic E-state index is 3.90. The molecule has 1 nitrogen and oxygen atoms in total. The minimum absolute atomic E-state index is 0.130. The molecule has 0 unspecified atom stereocenters. The Morgan fingerprint density at radius 3 is 1.67 bits per heavy atom. The molecule has 2 heteroatoms. The number of hydrogen-bond donors (Lipinski definition) is 1. The van der Waals surface area contributed by atoms with Crippen LogP contribution in [0, 0.1) is 0 Å². The zero-order valence-electron chi connectivity index (χ0n) is 13.6. The first-order valence-corrected chi connectivity index (χ1v) is 10.0. The van der Waals surface area contributed by atoms with Gasteiger partial charge in [-0.05, 0) is 55.5 Å². The van der Waals surface area contributed by atoms with Crippen LogP contribution in [0.25, 0.3) is 11.1 Å². The van der Waals surface area contributed by atoms with Gasteiger partial charge in [-0.15, -0.1) is 0 Å². The summed E-state index contributed by atoms with van der Waals surface area (Å²) in [6.07, 6.45) is 4.81. The van der Waals surface area contributed by atoms with Crippen LogP contribution in [-0.4, -0.2) is 18.1 Å². The van der Waals surface area contributed by atoms with Crippen molar-refractivity contribution in [1.82, 2.24) is 4.72 Å². The fourth-order valence-corrected chi connectivity index (χ4v) is 6.97. The molecule has 0 bridgehead atoms. The third-order valence-electron chi connectivity index (χ3n) is 3.94. The van der Waals surface area contributed by atoms with Crippen molar-refractivity contribution in [3.05, 3.63) is 59.7 Å². The molecular weight excluding hydrogens is 274 g/mol. The largest absolute Gasteiger partial charge is 0.275 e. The van der Waals surface area contributed by atoms with E-state index in [2.05, 4.69) is 86.5 Å². The summed E-state index contributed by atoms with van der Waals surface area (Å²) in [5.74, 6) is 0. The highest BCUT2D eigenvalue weighted by Crippen LogP contribution is 2.62. The summed E-state index contributed by atoms with van der Waals surface area (Å²) in [7, 11) is -0.995. The number of fused-ring (bicyclic) bond motifs is 3. The quantitative estimate of drug-likeness (QED) is 0.811. The monoisotopic (exact) mass is 299 g/mol. The molecule has 0 atom stereocenters. The van der Waals surface area contributed by atoms with Gasteiger partial charge in [-0.1, -0.05) is 48.5 Å². The Balaban J connectivity index is 2.15. The Labute approximate surface area is 130 Å². The standard InChI is InChI=1S/C19H25NS/c1-19(2,3)20-21(4,5)18-16-12-8-6-10-14(16)15-11-7-9-13-17(15)18/h6-13,18,20H,1-5H3. The lowest BCUT2D eigenvalue weighted by Crippen LogP contribution is -2.39. The Kier molecular flexibility index (Phi) is 3.42. The summed E-state index contributed by atoms with van der Waals surface area (Å²) in [6, 6.07) is 17.8. The molecule has 2 aromatic rings. The summed E-state index contributed by atoms with van der Waals surface area (Å²) < 4.78 is 3.90. The topological polar surface area (TPSA) is 12.0 Å². The Morgan fingerprint density at radius 1 is 0.810 bits per heavy atom. The molecule has 0 fully saturated rings. The average Bonchev–Trinajstić information content (AvgIpc) is 2.71. The summed E-state index contributed by atoms with van der Waals surface area (Å²) in [6.45, 7) is 6.78. The molecule has 0 amide bonds. The Morgan fingerprint density at radius 2 is 1.24 bits per heavy atom. The predicted octanol–water partition coefficient (Wildman–Crippen LogP) is 5.12. The second-order valence-electron chi connectivity index (χ2n) is 7.31. The number of hydrogen-bond acceptors (Lipinski definition) is 1. The molecule has 2 aromatic carbocycles. The Hall–Kier alpha value is -1.25. The molecular formula is C19H25NS. The van der Waals surface area contributed by atoms with Gasteiger partial charge in [0.1, 0.15) is 0 Å². The molecule has 3 rings (SSSR count). The maximum absolute atomic E-state index is 3.90. The fourth-order valence-electron chi connectivity index (χ4n) is 3.59. The molecule has 112 valence electrons. The third kappa shape index (κ3) is 2.63. The van der Waals surface area contributed by atoms with E-state index in [0.717, 1.165) is 0 Å². The zero-order valence-corrected chi connectivity index (χ0v) is 14.4. The first-order valence-electron chi connectivity index (χ1n) is 7.49. The van der Waals surface area contributed by atoms with Gasteiger partial charge in [-0.3, -0.25) is 4.72 Å². The zero-order chi connectivity index (χ0) is 15.3. The van der Waals surface area contributed by atoms with Crippen LogP contribution >= 0.6 is 10.2 Å². The first kappa shape index (κ1) is 14.7. The minimum atomic E-state index is -0.995. The van der Waals surface area contributed by atoms with Crippen LogP contribution in [-0.2, 0) is 0 Å². The smallest absolute Gasteiger partial charge is 0.0511 e. The van der Waals surface area contributed by atoms with Crippen molar-refractivity contribution in [2.75, 3.05) is 12.5 Å². The summed E-state index contributed by atoms with van der Waals surface area (Å²) >= 11 is 0. The van der Waals surface area contributed by atoms with Gasteiger partial charge in [0, 0.05) is 5.54 Å². The number of nitrogens with one attached hydrogen (secondary N) is 1. The van der Waals surface area contributed by atoms with Crippen molar-refractivity contribution < 1.29 is 0 Å². The van der Waals surface area contributed by atoms with Crippen LogP contribution in [0.15, 0.2) is 48.5 Å². The SMILES string of the molecule is CC(C)(C)NS(C)(C)C1c2ccccc2-c2ccccc21. The van der Waals surface area contributed by atoms with E-state index in [1.54, 1.807) is 0 Å². The second kappa shape index (κ2) is 4.89. The van der Waals surface area contributed by atoms with Crippen molar-refractivity contribution in [1.29, 1.82) is 0 Å². The van der Waals surface area contributed by atoms with E-state index in [1.165, 1.54) is 22.3 Å². The van der Waals surface area contributed by atoms with Gasteiger partial charge in [-0.2, -0.15) is 10.2 Å². The van der Waals surface area contributed by atoms with Crippen LogP contribution in [0.3, 0.4) is 0 Å².